The van der Waals surface area contributed by atoms with E-state index >= 15 is 0 Å². The number of carbonyl (C=O) groups excluding carboxylic acids is 1. The van der Waals surface area contributed by atoms with Crippen LogP contribution in [0.3, 0.4) is 0 Å². The van der Waals surface area contributed by atoms with Crippen molar-refractivity contribution in [3.05, 3.63) is 53.5 Å². The van der Waals surface area contributed by atoms with Gasteiger partial charge in [-0.05, 0) is 50.2 Å². The number of hydrogen-bond acceptors (Lipinski definition) is 4. The molecule has 2 rings (SSSR count). The summed E-state index contributed by atoms with van der Waals surface area (Å²) in [4.78, 5) is 14.5. The second-order valence-corrected chi connectivity index (χ2v) is 6.33. The van der Waals surface area contributed by atoms with Crippen LogP contribution in [0.2, 0.25) is 0 Å². The molecule has 1 heterocycles. The molecule has 136 valence electrons. The van der Waals surface area contributed by atoms with E-state index in [9.17, 15) is 4.79 Å². The van der Waals surface area contributed by atoms with Gasteiger partial charge in [-0.1, -0.05) is 32.0 Å². The summed E-state index contributed by atoms with van der Waals surface area (Å²) >= 11 is 0. The van der Waals surface area contributed by atoms with Crippen LogP contribution >= 0.6 is 0 Å². The zero-order chi connectivity index (χ0) is 18.2. The van der Waals surface area contributed by atoms with Gasteiger partial charge in [0.2, 0.25) is 5.91 Å². The summed E-state index contributed by atoms with van der Waals surface area (Å²) < 4.78 is 5.49. The summed E-state index contributed by atoms with van der Waals surface area (Å²) in [6, 6.07) is 10.1. The maximum absolute atomic E-state index is 12.4. The molecule has 2 N–H and O–H groups in total. The highest BCUT2D eigenvalue weighted by atomic mass is 16.3. The number of hydrogen-bond donors (Lipinski definition) is 2. The molecule has 0 saturated carbocycles. The number of rotatable bonds is 9. The first kappa shape index (κ1) is 19.2. The van der Waals surface area contributed by atoms with E-state index in [1.165, 1.54) is 11.1 Å². The summed E-state index contributed by atoms with van der Waals surface area (Å²) in [6.07, 6.45) is 3.47. The molecule has 25 heavy (non-hydrogen) atoms. The Labute approximate surface area is 150 Å². The largest absolute Gasteiger partial charge is 0.468 e. The molecule has 0 spiro atoms. The number of likely N-dealkylation sites (N-methyl/N-ethyl adjacent to an activating group) is 1. The van der Waals surface area contributed by atoms with Crippen LogP contribution in [0.4, 0.5) is 5.69 Å². The van der Waals surface area contributed by atoms with Crippen LogP contribution in [0.1, 0.15) is 36.8 Å². The third-order valence-electron chi connectivity index (χ3n) is 4.38. The number of nitrogens with one attached hydrogen (secondary N) is 2. The van der Waals surface area contributed by atoms with Crippen LogP contribution in [0.15, 0.2) is 41.0 Å². The minimum absolute atomic E-state index is 0.0208. The van der Waals surface area contributed by atoms with Crippen molar-refractivity contribution in [2.45, 2.75) is 32.7 Å². The van der Waals surface area contributed by atoms with E-state index in [0.29, 0.717) is 6.54 Å². The van der Waals surface area contributed by atoms with Crippen molar-refractivity contribution in [1.29, 1.82) is 0 Å². The van der Waals surface area contributed by atoms with Gasteiger partial charge in [0.25, 0.3) is 0 Å². The summed E-state index contributed by atoms with van der Waals surface area (Å²) in [5.41, 5.74) is 3.32. The van der Waals surface area contributed by atoms with E-state index in [1.807, 2.05) is 26.2 Å². The maximum atomic E-state index is 12.4. The normalized spacial score (nSPS) is 12.4. The Morgan fingerprint density at radius 2 is 1.80 bits per heavy atom. The summed E-state index contributed by atoms with van der Waals surface area (Å²) in [7, 11) is 4.00. The molecule has 1 aromatic carbocycles. The van der Waals surface area contributed by atoms with Crippen LogP contribution in [-0.2, 0) is 17.6 Å². The van der Waals surface area contributed by atoms with Crippen molar-refractivity contribution in [3.8, 4) is 0 Å². The monoisotopic (exact) mass is 343 g/mol. The van der Waals surface area contributed by atoms with Gasteiger partial charge in [-0.15, -0.1) is 0 Å². The first-order valence-corrected chi connectivity index (χ1v) is 8.87. The van der Waals surface area contributed by atoms with Crippen molar-refractivity contribution >= 4 is 11.6 Å². The summed E-state index contributed by atoms with van der Waals surface area (Å²) in [6.45, 7) is 5.12. The maximum Gasteiger partial charge on any atom is 0.238 e. The Kier molecular flexibility index (Phi) is 7.22. The van der Waals surface area contributed by atoms with Gasteiger partial charge in [0, 0.05) is 12.2 Å². The van der Waals surface area contributed by atoms with Gasteiger partial charge < -0.3 is 15.1 Å². The van der Waals surface area contributed by atoms with E-state index in [2.05, 4.69) is 47.6 Å². The van der Waals surface area contributed by atoms with Crippen LogP contribution in [0.25, 0.3) is 0 Å². The minimum Gasteiger partial charge on any atom is -0.468 e. The molecule has 0 aliphatic carbocycles. The Hall–Kier alpha value is -2.11. The zero-order valence-corrected chi connectivity index (χ0v) is 15.6. The predicted molar refractivity (Wildman–Crippen MR) is 102 cm³/mol. The number of aryl methyl sites for hydroxylation is 2. The molecule has 0 aliphatic heterocycles. The van der Waals surface area contributed by atoms with Gasteiger partial charge >= 0.3 is 0 Å². The molecule has 0 fully saturated rings. The SMILES string of the molecule is CCc1cccc(CC)c1NC(=O)CNCC(c1ccco1)N(C)C. The van der Waals surface area contributed by atoms with Gasteiger partial charge in [-0.25, -0.2) is 0 Å². The molecule has 2 aromatic rings. The molecule has 1 unspecified atom stereocenters. The fraction of sp³-hybridized carbons (Fsp3) is 0.450. The van der Waals surface area contributed by atoms with Gasteiger partial charge in [0.05, 0.1) is 18.8 Å². The van der Waals surface area contributed by atoms with Gasteiger partial charge in [0.15, 0.2) is 0 Å². The van der Waals surface area contributed by atoms with Crippen LogP contribution in [-0.4, -0.2) is 38.0 Å². The molecule has 0 bridgehead atoms. The van der Waals surface area contributed by atoms with E-state index in [0.717, 1.165) is 24.3 Å². The van der Waals surface area contributed by atoms with Crippen LogP contribution in [0, 0.1) is 0 Å². The van der Waals surface area contributed by atoms with Crippen molar-refractivity contribution in [2.24, 2.45) is 0 Å². The van der Waals surface area contributed by atoms with Crippen LogP contribution < -0.4 is 10.6 Å². The molecular weight excluding hydrogens is 314 g/mol. The standard InChI is InChI=1S/C20H29N3O2/c1-5-15-9-7-10-16(6-2)20(15)22-19(24)14-21-13-17(23(3)4)18-11-8-12-25-18/h7-12,17,21H,5-6,13-14H2,1-4H3,(H,22,24). The molecule has 1 aromatic heterocycles. The lowest BCUT2D eigenvalue weighted by Crippen LogP contribution is -2.35. The molecule has 0 saturated heterocycles. The molecule has 0 radical (unpaired) electrons. The first-order valence-electron chi connectivity index (χ1n) is 8.87. The quantitative estimate of drug-likeness (QED) is 0.734. The average Bonchev–Trinajstić information content (AvgIpc) is 3.12. The summed E-state index contributed by atoms with van der Waals surface area (Å²) in [5.74, 6) is 0.870. The second kappa shape index (κ2) is 9.39. The number of anilines is 1. The second-order valence-electron chi connectivity index (χ2n) is 6.33. The topological polar surface area (TPSA) is 57.5 Å². The van der Waals surface area contributed by atoms with Crippen molar-refractivity contribution in [1.82, 2.24) is 10.2 Å². The van der Waals surface area contributed by atoms with E-state index in [4.69, 9.17) is 4.42 Å². The Bertz CT molecular complexity index is 643. The highest BCUT2D eigenvalue weighted by Crippen LogP contribution is 2.22. The number of furan rings is 1. The third kappa shape index (κ3) is 5.18. The fourth-order valence-electron chi connectivity index (χ4n) is 2.93. The highest BCUT2D eigenvalue weighted by molar-refractivity contribution is 5.93. The smallest absolute Gasteiger partial charge is 0.238 e. The fourth-order valence-corrected chi connectivity index (χ4v) is 2.93. The molecule has 1 atom stereocenters. The molecular formula is C20H29N3O2. The molecule has 5 nitrogen and oxygen atoms in total. The molecule has 1 amide bonds. The van der Waals surface area contributed by atoms with Crippen molar-refractivity contribution in [3.63, 3.8) is 0 Å². The number of carbonyl (C=O) groups is 1. The van der Waals surface area contributed by atoms with E-state index < -0.39 is 0 Å². The lowest BCUT2D eigenvalue weighted by Gasteiger charge is -2.22. The predicted octanol–water partition coefficient (Wildman–Crippen LogP) is 3.24. The number of nitrogens with zero attached hydrogens (tertiary/aromatic N) is 1. The Morgan fingerprint density at radius 3 is 2.32 bits per heavy atom. The van der Waals surface area contributed by atoms with Crippen molar-refractivity contribution < 1.29 is 9.21 Å². The van der Waals surface area contributed by atoms with E-state index in [-0.39, 0.29) is 18.5 Å². The van der Waals surface area contributed by atoms with Gasteiger partial charge in [-0.3, -0.25) is 9.69 Å². The van der Waals surface area contributed by atoms with E-state index in [1.54, 1.807) is 6.26 Å². The molecule has 0 aliphatic rings. The highest BCUT2D eigenvalue weighted by Gasteiger charge is 2.17. The lowest BCUT2D eigenvalue weighted by molar-refractivity contribution is -0.115. The van der Waals surface area contributed by atoms with Crippen molar-refractivity contribution in [2.75, 3.05) is 32.5 Å². The van der Waals surface area contributed by atoms with Gasteiger partial charge in [0.1, 0.15) is 5.76 Å². The number of benzene rings is 1. The lowest BCUT2D eigenvalue weighted by atomic mass is 10.0. The third-order valence-corrected chi connectivity index (χ3v) is 4.38. The van der Waals surface area contributed by atoms with Crippen LogP contribution in [0.5, 0.6) is 0 Å². The first-order chi connectivity index (χ1) is 12.1. The Balaban J connectivity index is 1.93. The number of para-hydroxylation sites is 1. The van der Waals surface area contributed by atoms with Gasteiger partial charge in [-0.2, -0.15) is 0 Å². The Morgan fingerprint density at radius 1 is 1.12 bits per heavy atom. The minimum atomic E-state index is -0.0208. The summed E-state index contributed by atoms with van der Waals surface area (Å²) in [5, 5.41) is 6.32. The molecule has 5 heteroatoms. The number of amides is 1. The zero-order valence-electron chi connectivity index (χ0n) is 15.6. The average molecular weight is 343 g/mol.